The third kappa shape index (κ3) is 1.24. The van der Waals surface area contributed by atoms with Gasteiger partial charge in [0.25, 0.3) is 0 Å². The summed E-state index contributed by atoms with van der Waals surface area (Å²) in [4.78, 5) is 0. The average Bonchev–Trinajstić information content (AvgIpc) is 2.08. The lowest BCUT2D eigenvalue weighted by Gasteiger charge is -2.03. The zero-order valence-electron chi connectivity index (χ0n) is 6.07. The van der Waals surface area contributed by atoms with Crippen LogP contribution in [0, 0.1) is 17.5 Å². The summed E-state index contributed by atoms with van der Waals surface area (Å²) in [6.07, 6.45) is 1.06. The van der Waals surface area contributed by atoms with E-state index in [2.05, 4.69) is 6.58 Å². The Morgan fingerprint density at radius 3 is 2.33 bits per heavy atom. The van der Waals surface area contributed by atoms with Crippen molar-refractivity contribution in [3.8, 4) is 0 Å². The molecule has 0 unspecified atom stereocenters. The second-order valence-corrected chi connectivity index (χ2v) is 2.19. The largest absolute Gasteiger partial charge is 0.207 e. The van der Waals surface area contributed by atoms with E-state index < -0.39 is 22.9 Å². The molecule has 0 N–H and O–H groups in total. The maximum atomic E-state index is 12.8. The van der Waals surface area contributed by atoms with E-state index >= 15 is 0 Å². The van der Waals surface area contributed by atoms with Gasteiger partial charge in [-0.3, -0.25) is 0 Å². The van der Waals surface area contributed by atoms with Crippen LogP contribution in [0.2, 0.25) is 0 Å². The van der Waals surface area contributed by atoms with Gasteiger partial charge in [0.15, 0.2) is 11.6 Å². The molecule has 0 heterocycles. The lowest BCUT2D eigenvalue weighted by molar-refractivity contribution is 0.503. The molecule has 0 aliphatic rings. The summed E-state index contributed by atoms with van der Waals surface area (Å²) in [5.41, 5.74) is -0.962. The summed E-state index contributed by atoms with van der Waals surface area (Å²) in [5, 5.41) is 0. The zero-order valence-corrected chi connectivity index (χ0v) is 6.07. The van der Waals surface area contributed by atoms with E-state index in [9.17, 15) is 13.2 Å². The van der Waals surface area contributed by atoms with Gasteiger partial charge in [-0.25, -0.2) is 13.2 Å². The summed E-state index contributed by atoms with van der Waals surface area (Å²) in [6.45, 7) is 3.22. The molecule has 0 nitrogen and oxygen atoms in total. The Labute approximate surface area is 69.1 Å². The van der Waals surface area contributed by atoms with E-state index in [1.54, 1.807) is 0 Å². The molecule has 1 rings (SSSR count). The summed E-state index contributed by atoms with van der Waals surface area (Å²) < 4.78 is 37.9. The minimum atomic E-state index is -1.36. The van der Waals surface area contributed by atoms with Crippen molar-refractivity contribution in [3.63, 3.8) is 0 Å². The Hall–Kier alpha value is -1.19. The third-order valence-electron chi connectivity index (χ3n) is 1.44. The SMILES string of the molecule is [B]c1c(F)c(F)cc(C=C)c1F. The topological polar surface area (TPSA) is 0 Å². The quantitative estimate of drug-likeness (QED) is 0.440. The van der Waals surface area contributed by atoms with Gasteiger partial charge in [0, 0.05) is 5.56 Å². The minimum absolute atomic E-state index is 0.147. The van der Waals surface area contributed by atoms with Crippen LogP contribution in [-0.2, 0) is 0 Å². The molecule has 4 heteroatoms. The van der Waals surface area contributed by atoms with Crippen molar-refractivity contribution in [2.45, 2.75) is 0 Å². The summed E-state index contributed by atoms with van der Waals surface area (Å²) >= 11 is 0. The van der Waals surface area contributed by atoms with Crippen molar-refractivity contribution >= 4 is 19.4 Å². The van der Waals surface area contributed by atoms with Gasteiger partial charge in [-0.05, 0) is 11.5 Å². The normalized spacial score (nSPS) is 9.92. The number of hydrogen-bond acceptors (Lipinski definition) is 0. The van der Waals surface area contributed by atoms with Crippen LogP contribution in [0.15, 0.2) is 12.6 Å². The molecule has 0 aromatic heterocycles. The maximum absolute atomic E-state index is 12.8. The van der Waals surface area contributed by atoms with E-state index in [1.165, 1.54) is 0 Å². The molecule has 0 spiro atoms. The molecule has 0 saturated heterocycles. The van der Waals surface area contributed by atoms with Crippen LogP contribution >= 0.6 is 0 Å². The zero-order chi connectivity index (χ0) is 9.30. The van der Waals surface area contributed by atoms with Crippen molar-refractivity contribution in [1.29, 1.82) is 0 Å². The van der Waals surface area contributed by atoms with Crippen molar-refractivity contribution in [2.24, 2.45) is 0 Å². The molecule has 0 bridgehead atoms. The first kappa shape index (κ1) is 8.91. The molecule has 0 saturated carbocycles. The fourth-order valence-corrected chi connectivity index (χ4v) is 0.792. The van der Waals surface area contributed by atoms with E-state index in [0.29, 0.717) is 6.07 Å². The van der Waals surface area contributed by atoms with Gasteiger partial charge in [0.1, 0.15) is 13.7 Å². The van der Waals surface area contributed by atoms with Gasteiger partial charge in [-0.2, -0.15) is 0 Å². The molecule has 12 heavy (non-hydrogen) atoms. The average molecular weight is 168 g/mol. The van der Waals surface area contributed by atoms with Crippen LogP contribution in [0.4, 0.5) is 13.2 Å². The third-order valence-corrected chi connectivity index (χ3v) is 1.44. The predicted octanol–water partition coefficient (Wildman–Crippen LogP) is 1.54. The molecule has 1 aromatic rings. The number of rotatable bonds is 1. The molecule has 0 aliphatic carbocycles. The molecular formula is C8H4BF3. The Bertz CT molecular complexity index is 334. The van der Waals surface area contributed by atoms with E-state index in [-0.39, 0.29) is 5.56 Å². The van der Waals surface area contributed by atoms with E-state index in [1.807, 2.05) is 0 Å². The van der Waals surface area contributed by atoms with Gasteiger partial charge in [-0.1, -0.05) is 12.7 Å². The monoisotopic (exact) mass is 168 g/mol. The molecule has 0 amide bonds. The van der Waals surface area contributed by atoms with Crippen LogP contribution < -0.4 is 5.46 Å². The molecule has 0 aliphatic heterocycles. The standard InChI is InChI=1S/C8H4BF3/c1-2-4-3-5(10)8(12)6(9)7(4)11/h2-3H,1H2. The molecule has 1 aromatic carbocycles. The molecule has 60 valence electrons. The highest BCUT2D eigenvalue weighted by Crippen LogP contribution is 2.11. The van der Waals surface area contributed by atoms with Crippen LogP contribution in [0.25, 0.3) is 6.08 Å². The second-order valence-electron chi connectivity index (χ2n) is 2.19. The number of halogens is 3. The Morgan fingerprint density at radius 1 is 1.25 bits per heavy atom. The van der Waals surface area contributed by atoms with E-state index in [4.69, 9.17) is 7.85 Å². The van der Waals surface area contributed by atoms with Crippen molar-refractivity contribution in [1.82, 2.24) is 0 Å². The summed E-state index contributed by atoms with van der Waals surface area (Å²) in [7, 11) is 4.92. The van der Waals surface area contributed by atoms with Gasteiger partial charge >= 0.3 is 0 Å². The highest BCUT2D eigenvalue weighted by atomic mass is 19.2. The van der Waals surface area contributed by atoms with Gasteiger partial charge in [0.2, 0.25) is 0 Å². The van der Waals surface area contributed by atoms with Crippen molar-refractivity contribution in [2.75, 3.05) is 0 Å². The molecule has 2 radical (unpaired) electrons. The number of benzene rings is 1. The van der Waals surface area contributed by atoms with E-state index in [0.717, 1.165) is 6.08 Å². The fraction of sp³-hybridized carbons (Fsp3) is 0. The lowest BCUT2D eigenvalue weighted by Crippen LogP contribution is -2.17. The Balaban J connectivity index is 3.49. The lowest BCUT2D eigenvalue weighted by atomic mass is 9.92. The van der Waals surface area contributed by atoms with Gasteiger partial charge < -0.3 is 0 Å². The van der Waals surface area contributed by atoms with Crippen molar-refractivity contribution < 1.29 is 13.2 Å². The second kappa shape index (κ2) is 3.05. The smallest absolute Gasteiger partial charge is 0.159 e. The van der Waals surface area contributed by atoms with Gasteiger partial charge in [0.05, 0.1) is 0 Å². The van der Waals surface area contributed by atoms with Crippen molar-refractivity contribution in [3.05, 3.63) is 35.7 Å². The maximum Gasteiger partial charge on any atom is 0.159 e. The Kier molecular flexibility index (Phi) is 2.26. The first-order valence-corrected chi connectivity index (χ1v) is 3.13. The molecule has 0 fully saturated rings. The fourth-order valence-electron chi connectivity index (χ4n) is 0.792. The highest BCUT2D eigenvalue weighted by Gasteiger charge is 2.12. The van der Waals surface area contributed by atoms with Crippen LogP contribution in [0.5, 0.6) is 0 Å². The summed E-state index contributed by atoms with van der Waals surface area (Å²) in [6, 6.07) is 0.702. The molecular weight excluding hydrogens is 164 g/mol. The number of hydrogen-bond donors (Lipinski definition) is 0. The Morgan fingerprint density at radius 2 is 1.83 bits per heavy atom. The highest BCUT2D eigenvalue weighted by molar-refractivity contribution is 6.32. The predicted molar refractivity (Wildman–Crippen MR) is 41.8 cm³/mol. The van der Waals surface area contributed by atoms with Crippen LogP contribution in [-0.4, -0.2) is 7.85 Å². The van der Waals surface area contributed by atoms with Crippen LogP contribution in [0.3, 0.4) is 0 Å². The molecule has 0 atom stereocenters. The van der Waals surface area contributed by atoms with Gasteiger partial charge in [-0.15, -0.1) is 0 Å². The van der Waals surface area contributed by atoms with Crippen LogP contribution in [0.1, 0.15) is 5.56 Å². The first-order chi connectivity index (χ1) is 5.57. The first-order valence-electron chi connectivity index (χ1n) is 3.13. The summed E-state index contributed by atoms with van der Waals surface area (Å²) in [5.74, 6) is -3.52. The minimum Gasteiger partial charge on any atom is -0.207 e.